The first-order valence-electron chi connectivity index (χ1n) is 11.2. The van der Waals surface area contributed by atoms with Crippen LogP contribution in [0.15, 0.2) is 66.0 Å². The lowest BCUT2D eigenvalue weighted by molar-refractivity contribution is 0.145. The zero-order valence-electron chi connectivity index (χ0n) is 19.9. The molecular weight excluding hydrogens is 452 g/mol. The highest BCUT2D eigenvalue weighted by atomic mass is 32.2. The van der Waals surface area contributed by atoms with Crippen molar-refractivity contribution >= 4 is 15.9 Å². The molecule has 0 fully saturated rings. The highest BCUT2D eigenvalue weighted by Crippen LogP contribution is 2.21. The SMILES string of the molecule is CCNC(=O)N(CCOC)Cc1cnc(S(=O)(=O)Cc2ccccc2C)n1Cc1ccccc1. The summed E-state index contributed by atoms with van der Waals surface area (Å²) in [6, 6.07) is 16.8. The van der Waals surface area contributed by atoms with Gasteiger partial charge in [0.15, 0.2) is 0 Å². The number of aromatic nitrogens is 2. The molecule has 9 heteroatoms. The number of carbonyl (C=O) groups is 1. The van der Waals surface area contributed by atoms with Gasteiger partial charge in [-0.1, -0.05) is 54.6 Å². The number of carbonyl (C=O) groups excluding carboxylic acids is 1. The predicted octanol–water partition coefficient (Wildman–Crippen LogP) is 3.39. The molecule has 3 rings (SSSR count). The molecule has 34 heavy (non-hydrogen) atoms. The predicted molar refractivity (Wildman–Crippen MR) is 131 cm³/mol. The van der Waals surface area contributed by atoms with Gasteiger partial charge in [-0.05, 0) is 30.5 Å². The minimum absolute atomic E-state index is 0.00260. The Morgan fingerprint density at radius 1 is 1.12 bits per heavy atom. The van der Waals surface area contributed by atoms with Crippen molar-refractivity contribution in [3.05, 3.63) is 83.2 Å². The molecule has 182 valence electrons. The summed E-state index contributed by atoms with van der Waals surface area (Å²) in [6.07, 6.45) is 1.55. The number of hydrogen-bond acceptors (Lipinski definition) is 5. The summed E-state index contributed by atoms with van der Waals surface area (Å²) >= 11 is 0. The Labute approximate surface area is 201 Å². The summed E-state index contributed by atoms with van der Waals surface area (Å²) in [7, 11) is -2.17. The summed E-state index contributed by atoms with van der Waals surface area (Å²) in [5, 5.41) is 2.80. The molecular formula is C25H32N4O4S. The number of sulfone groups is 1. The van der Waals surface area contributed by atoms with E-state index >= 15 is 0 Å². The Hall–Kier alpha value is -3.17. The maximum atomic E-state index is 13.5. The largest absolute Gasteiger partial charge is 0.383 e. The van der Waals surface area contributed by atoms with E-state index in [-0.39, 0.29) is 23.5 Å². The first-order valence-corrected chi connectivity index (χ1v) is 12.9. The van der Waals surface area contributed by atoms with Crippen LogP contribution in [0.1, 0.15) is 29.3 Å². The molecule has 0 radical (unpaired) electrons. The van der Waals surface area contributed by atoms with Crippen molar-refractivity contribution in [1.82, 2.24) is 19.8 Å². The lowest BCUT2D eigenvalue weighted by Crippen LogP contribution is -2.41. The smallest absolute Gasteiger partial charge is 0.317 e. The van der Waals surface area contributed by atoms with Crippen molar-refractivity contribution in [2.75, 3.05) is 26.8 Å². The molecule has 0 saturated heterocycles. The van der Waals surface area contributed by atoms with Gasteiger partial charge >= 0.3 is 6.03 Å². The van der Waals surface area contributed by atoms with E-state index in [1.54, 1.807) is 22.8 Å². The van der Waals surface area contributed by atoms with Gasteiger partial charge in [0.1, 0.15) is 0 Å². The number of benzene rings is 2. The molecule has 1 N–H and O–H groups in total. The number of rotatable bonds is 11. The van der Waals surface area contributed by atoms with E-state index in [1.807, 2.05) is 68.4 Å². The standard InChI is InChI=1S/C25H32N4O4S/c1-4-26-24(30)28(14-15-33-3)18-23-16-27-25(29(23)17-21-11-6-5-7-12-21)34(31,32)19-22-13-9-8-10-20(22)2/h5-13,16H,4,14-15,17-19H2,1-3H3,(H,26,30). The van der Waals surface area contributed by atoms with Gasteiger partial charge in [0.25, 0.3) is 0 Å². The average Bonchev–Trinajstić information content (AvgIpc) is 3.21. The fourth-order valence-corrected chi connectivity index (χ4v) is 5.25. The van der Waals surface area contributed by atoms with Gasteiger partial charge in [-0.2, -0.15) is 0 Å². The number of urea groups is 1. The Balaban J connectivity index is 2.00. The summed E-state index contributed by atoms with van der Waals surface area (Å²) < 4.78 is 33.8. The number of ether oxygens (including phenoxy) is 1. The van der Waals surface area contributed by atoms with Crippen LogP contribution in [-0.2, 0) is 33.4 Å². The maximum absolute atomic E-state index is 13.5. The lowest BCUT2D eigenvalue weighted by atomic mass is 10.1. The van der Waals surface area contributed by atoms with E-state index < -0.39 is 9.84 Å². The summed E-state index contributed by atoms with van der Waals surface area (Å²) in [5.41, 5.74) is 3.22. The topological polar surface area (TPSA) is 93.5 Å². The molecule has 0 atom stereocenters. The molecule has 0 aliphatic heterocycles. The van der Waals surface area contributed by atoms with Crippen LogP contribution in [0.4, 0.5) is 4.79 Å². The number of aryl methyl sites for hydroxylation is 1. The normalized spacial score (nSPS) is 11.4. The van der Waals surface area contributed by atoms with Crippen LogP contribution in [0.5, 0.6) is 0 Å². The van der Waals surface area contributed by atoms with Gasteiger partial charge in [-0.25, -0.2) is 18.2 Å². The third-order valence-electron chi connectivity index (χ3n) is 5.50. The first kappa shape index (κ1) is 25.5. The molecule has 0 unspecified atom stereocenters. The van der Waals surface area contributed by atoms with E-state index in [2.05, 4.69) is 10.3 Å². The molecule has 1 aromatic heterocycles. The second kappa shape index (κ2) is 11.8. The van der Waals surface area contributed by atoms with Gasteiger partial charge in [-0.3, -0.25) is 0 Å². The summed E-state index contributed by atoms with van der Waals surface area (Å²) in [6.45, 7) is 5.49. The van der Waals surface area contributed by atoms with Gasteiger partial charge in [0.2, 0.25) is 15.0 Å². The molecule has 0 saturated carbocycles. The van der Waals surface area contributed by atoms with E-state index in [4.69, 9.17) is 4.74 Å². The fourth-order valence-electron chi connectivity index (χ4n) is 3.66. The fraction of sp³-hybridized carbons (Fsp3) is 0.360. The molecule has 0 spiro atoms. The van der Waals surface area contributed by atoms with Crippen LogP contribution >= 0.6 is 0 Å². The quantitative estimate of drug-likeness (QED) is 0.450. The van der Waals surface area contributed by atoms with E-state index in [9.17, 15) is 13.2 Å². The van der Waals surface area contributed by atoms with Gasteiger partial charge < -0.3 is 19.5 Å². The Morgan fingerprint density at radius 3 is 2.50 bits per heavy atom. The number of nitrogens with zero attached hydrogens (tertiary/aromatic N) is 3. The van der Waals surface area contributed by atoms with Crippen molar-refractivity contribution in [2.45, 2.75) is 37.8 Å². The number of imidazole rings is 1. The average molecular weight is 485 g/mol. The maximum Gasteiger partial charge on any atom is 0.317 e. The second-order valence-electron chi connectivity index (χ2n) is 8.04. The van der Waals surface area contributed by atoms with E-state index in [0.29, 0.717) is 31.9 Å². The van der Waals surface area contributed by atoms with Crippen LogP contribution < -0.4 is 5.32 Å². The number of amides is 2. The molecule has 3 aromatic rings. The molecule has 2 amide bonds. The minimum atomic E-state index is -3.74. The van der Waals surface area contributed by atoms with Crippen LogP contribution in [0, 0.1) is 6.92 Å². The third-order valence-corrected chi connectivity index (χ3v) is 7.08. The Bertz CT molecular complexity index is 1190. The molecule has 0 aliphatic rings. The molecule has 1 heterocycles. The van der Waals surface area contributed by atoms with E-state index in [0.717, 1.165) is 16.7 Å². The van der Waals surface area contributed by atoms with Crippen LogP contribution in [0.3, 0.4) is 0 Å². The Kier molecular flexibility index (Phi) is 8.84. The van der Waals surface area contributed by atoms with Gasteiger partial charge in [-0.15, -0.1) is 0 Å². The third kappa shape index (κ3) is 6.45. The summed E-state index contributed by atoms with van der Waals surface area (Å²) in [5.74, 6) is -0.144. The summed E-state index contributed by atoms with van der Waals surface area (Å²) in [4.78, 5) is 18.6. The number of methoxy groups -OCH3 is 1. The monoisotopic (exact) mass is 484 g/mol. The van der Waals surface area contributed by atoms with Gasteiger partial charge in [0.05, 0.1) is 37.3 Å². The van der Waals surface area contributed by atoms with Gasteiger partial charge in [0, 0.05) is 20.2 Å². The highest BCUT2D eigenvalue weighted by molar-refractivity contribution is 7.90. The molecule has 2 aromatic carbocycles. The van der Waals surface area contributed by atoms with Crippen molar-refractivity contribution in [3.63, 3.8) is 0 Å². The van der Waals surface area contributed by atoms with Crippen molar-refractivity contribution in [2.24, 2.45) is 0 Å². The van der Waals surface area contributed by atoms with Crippen molar-refractivity contribution in [1.29, 1.82) is 0 Å². The van der Waals surface area contributed by atoms with Crippen molar-refractivity contribution < 1.29 is 17.9 Å². The van der Waals surface area contributed by atoms with E-state index in [1.165, 1.54) is 0 Å². The van der Waals surface area contributed by atoms with Crippen LogP contribution in [-0.4, -0.2) is 55.7 Å². The molecule has 0 bridgehead atoms. The van der Waals surface area contributed by atoms with Crippen LogP contribution in [0.2, 0.25) is 0 Å². The highest BCUT2D eigenvalue weighted by Gasteiger charge is 2.26. The van der Waals surface area contributed by atoms with Crippen LogP contribution in [0.25, 0.3) is 0 Å². The molecule has 8 nitrogen and oxygen atoms in total. The minimum Gasteiger partial charge on any atom is -0.383 e. The Morgan fingerprint density at radius 2 is 1.82 bits per heavy atom. The first-order chi connectivity index (χ1) is 16.4. The number of nitrogens with one attached hydrogen (secondary N) is 1. The zero-order valence-corrected chi connectivity index (χ0v) is 20.7. The number of hydrogen-bond donors (Lipinski definition) is 1. The zero-order chi connectivity index (χ0) is 24.6. The second-order valence-corrected chi connectivity index (χ2v) is 9.92. The van der Waals surface area contributed by atoms with Crippen molar-refractivity contribution in [3.8, 4) is 0 Å². The lowest BCUT2D eigenvalue weighted by Gasteiger charge is -2.23. The molecule has 0 aliphatic carbocycles.